The normalized spacial score (nSPS) is 26.3. The Morgan fingerprint density at radius 2 is 1.65 bits per heavy atom. The lowest BCUT2D eigenvalue weighted by molar-refractivity contribution is -0.144. The first kappa shape index (κ1) is 29.5. The molecule has 10 nitrogen and oxygen atoms in total. The number of hydrogen-bond acceptors (Lipinski definition) is 6. The van der Waals surface area contributed by atoms with E-state index in [0.717, 1.165) is 19.3 Å². The van der Waals surface area contributed by atoms with Crippen LogP contribution in [0.15, 0.2) is 0 Å². The van der Waals surface area contributed by atoms with Gasteiger partial charge in [-0.2, -0.15) is 0 Å². The molecule has 0 aromatic carbocycles. The van der Waals surface area contributed by atoms with Gasteiger partial charge in [0.1, 0.15) is 22.0 Å². The van der Waals surface area contributed by atoms with Gasteiger partial charge in [0, 0.05) is 18.4 Å². The van der Waals surface area contributed by atoms with Crippen LogP contribution in [0.1, 0.15) is 67.2 Å². The fraction of sp³-hybridized carbons (Fsp3) is 0.800. The highest BCUT2D eigenvalue weighted by atomic mass is 35.5. The quantitative estimate of drug-likeness (QED) is 0.306. The van der Waals surface area contributed by atoms with Gasteiger partial charge in [-0.3, -0.25) is 19.2 Å². The van der Waals surface area contributed by atoms with Crippen molar-refractivity contribution in [2.45, 2.75) is 95.3 Å². The second-order valence-electron chi connectivity index (χ2n) is 12.5. The third-order valence-corrected chi connectivity index (χ3v) is 8.39. The van der Waals surface area contributed by atoms with Crippen molar-refractivity contribution in [1.82, 2.24) is 15.5 Å². The number of carbonyl (C=O) groups is 5. The molecule has 4 N–H and O–H groups in total. The van der Waals surface area contributed by atoms with Crippen LogP contribution in [0.3, 0.4) is 0 Å². The van der Waals surface area contributed by atoms with E-state index in [-0.39, 0.29) is 18.4 Å². The average molecular weight is 562 g/mol. The molecule has 3 aliphatic rings. The zero-order valence-corrected chi connectivity index (χ0v) is 23.7. The van der Waals surface area contributed by atoms with Crippen LogP contribution in [-0.2, 0) is 23.9 Å². The van der Waals surface area contributed by atoms with Crippen molar-refractivity contribution in [3.63, 3.8) is 0 Å². The number of hydrogen-bond donors (Lipinski definition) is 3. The van der Waals surface area contributed by atoms with Gasteiger partial charge in [-0.25, -0.2) is 4.79 Å². The molecule has 2 saturated carbocycles. The summed E-state index contributed by atoms with van der Waals surface area (Å²) in [6.07, 6.45) is 2.34. The number of Topliss-reactive ketones (excluding diaryl/α,β-unsaturated/α-hetero) is 1. The molecule has 1 saturated heterocycles. The second kappa shape index (κ2) is 10.2. The number of carbonyl (C=O) groups excluding carboxylic acids is 5. The summed E-state index contributed by atoms with van der Waals surface area (Å²) < 4.78 is 4.14. The Kier molecular flexibility index (Phi) is 8.16. The van der Waals surface area contributed by atoms with Gasteiger partial charge in [0.2, 0.25) is 17.6 Å². The predicted molar refractivity (Wildman–Crippen MR) is 138 cm³/mol. The fourth-order valence-corrected chi connectivity index (χ4v) is 5.92. The van der Waals surface area contributed by atoms with Crippen LogP contribution >= 0.6 is 23.2 Å². The molecule has 1 aliphatic heterocycles. The topological polar surface area (TPSA) is 148 Å². The second-order valence-corrected chi connectivity index (χ2v) is 14.0. The van der Waals surface area contributed by atoms with Crippen molar-refractivity contribution in [2.75, 3.05) is 6.54 Å². The van der Waals surface area contributed by atoms with Gasteiger partial charge < -0.3 is 26.0 Å². The van der Waals surface area contributed by atoms with Crippen molar-refractivity contribution >= 4 is 52.8 Å². The first-order chi connectivity index (χ1) is 16.8. The van der Waals surface area contributed by atoms with E-state index in [1.54, 1.807) is 41.5 Å². The van der Waals surface area contributed by atoms with E-state index >= 15 is 0 Å². The van der Waals surface area contributed by atoms with Gasteiger partial charge in [-0.05, 0) is 38.5 Å². The standard InChI is InChI=1S/C25H38Cl2N4O6/c1-23(2,3)18(30-22(36)37-24(4,5)6)21(35)31-11-13-15(25(13,26)27)16(31)20(34)29-14(17(32)19(28)33)10-12-8-7-9-12/h12-16,18H,7-11H2,1-6H3,(H2,28,33)(H,29,34)(H,30,36)/t13-,14?,15-,16+,18?/m1/s1. The zero-order chi connectivity index (χ0) is 28.1. The molecule has 0 bridgehead atoms. The number of nitrogens with zero attached hydrogens (tertiary/aromatic N) is 1. The number of alkyl carbamates (subject to hydrolysis) is 1. The SMILES string of the molecule is CC(C)(C)OC(=O)NC(C(=O)N1C[C@@H]2[C@H]([C@H]1C(=O)NC(CC1CCC1)C(=O)C(N)=O)C2(Cl)Cl)C(C)(C)C. The van der Waals surface area contributed by atoms with Crippen LogP contribution in [0.4, 0.5) is 4.79 Å². The maximum Gasteiger partial charge on any atom is 0.408 e. The van der Waals surface area contributed by atoms with Crippen molar-refractivity contribution in [3.05, 3.63) is 0 Å². The van der Waals surface area contributed by atoms with Gasteiger partial charge in [-0.1, -0.05) is 40.0 Å². The average Bonchev–Trinajstić information content (AvgIpc) is 3.06. The number of likely N-dealkylation sites (tertiary alicyclic amines) is 1. The Morgan fingerprint density at radius 3 is 2.11 bits per heavy atom. The number of amides is 4. The van der Waals surface area contributed by atoms with Crippen LogP contribution in [0, 0.1) is 23.2 Å². The number of ketones is 1. The number of alkyl halides is 2. The summed E-state index contributed by atoms with van der Waals surface area (Å²) in [5.41, 5.74) is 3.74. The Hall–Kier alpha value is -2.07. The Balaban J connectivity index is 1.83. The summed E-state index contributed by atoms with van der Waals surface area (Å²) in [6, 6.07) is -3.20. The number of rotatable bonds is 8. The predicted octanol–water partition coefficient (Wildman–Crippen LogP) is 2.29. The number of nitrogens with two attached hydrogens (primary N) is 1. The van der Waals surface area contributed by atoms with E-state index < -0.39 is 69.0 Å². The molecule has 0 radical (unpaired) electrons. The van der Waals surface area contributed by atoms with E-state index in [1.807, 2.05) is 0 Å². The van der Waals surface area contributed by atoms with Crippen LogP contribution in [0.25, 0.3) is 0 Å². The summed E-state index contributed by atoms with van der Waals surface area (Å²) in [5, 5.41) is 5.31. The molecular weight excluding hydrogens is 523 g/mol. The molecule has 5 atom stereocenters. The minimum atomic E-state index is -1.20. The minimum Gasteiger partial charge on any atom is -0.444 e. The summed E-state index contributed by atoms with van der Waals surface area (Å²) in [4.78, 5) is 65.4. The van der Waals surface area contributed by atoms with Crippen molar-refractivity contribution < 1.29 is 28.7 Å². The Bertz CT molecular complexity index is 969. The number of fused-ring (bicyclic) bond motifs is 1. The van der Waals surface area contributed by atoms with Crippen LogP contribution < -0.4 is 16.4 Å². The molecule has 1 heterocycles. The summed E-state index contributed by atoms with van der Waals surface area (Å²) in [6.45, 7) is 10.6. The molecule has 2 aliphatic carbocycles. The molecule has 37 heavy (non-hydrogen) atoms. The lowest BCUT2D eigenvalue weighted by Crippen LogP contribution is -2.61. The highest BCUT2D eigenvalue weighted by Crippen LogP contribution is 2.65. The lowest BCUT2D eigenvalue weighted by Gasteiger charge is -2.37. The van der Waals surface area contributed by atoms with Gasteiger partial charge in [0.05, 0.1) is 6.04 Å². The first-order valence-electron chi connectivity index (χ1n) is 12.7. The van der Waals surface area contributed by atoms with Gasteiger partial charge >= 0.3 is 6.09 Å². The van der Waals surface area contributed by atoms with Crippen molar-refractivity contribution in [1.29, 1.82) is 0 Å². The summed E-state index contributed by atoms with van der Waals surface area (Å²) >= 11 is 12.9. The van der Waals surface area contributed by atoms with Crippen LogP contribution in [0.5, 0.6) is 0 Å². The van der Waals surface area contributed by atoms with Crippen molar-refractivity contribution in [2.24, 2.45) is 28.9 Å². The monoisotopic (exact) mass is 560 g/mol. The van der Waals surface area contributed by atoms with Gasteiger partial charge in [0.25, 0.3) is 5.91 Å². The Morgan fingerprint density at radius 1 is 1.05 bits per heavy atom. The zero-order valence-electron chi connectivity index (χ0n) is 22.2. The van der Waals surface area contributed by atoms with Crippen molar-refractivity contribution in [3.8, 4) is 0 Å². The maximum atomic E-state index is 13.8. The molecule has 208 valence electrons. The van der Waals surface area contributed by atoms with E-state index in [2.05, 4.69) is 10.6 Å². The molecule has 3 rings (SSSR count). The minimum absolute atomic E-state index is 0.105. The number of primary amides is 1. The van der Waals surface area contributed by atoms with E-state index in [0.29, 0.717) is 6.42 Å². The molecule has 3 fully saturated rings. The highest BCUT2D eigenvalue weighted by Gasteiger charge is 2.74. The third-order valence-electron chi connectivity index (χ3n) is 7.33. The number of ether oxygens (including phenoxy) is 1. The molecule has 2 unspecified atom stereocenters. The molecule has 4 amide bonds. The summed E-state index contributed by atoms with van der Waals surface area (Å²) in [5.74, 6) is -3.85. The molecule has 12 heteroatoms. The van der Waals surface area contributed by atoms with E-state index in [9.17, 15) is 24.0 Å². The van der Waals surface area contributed by atoms with E-state index in [1.165, 1.54) is 4.90 Å². The number of nitrogens with one attached hydrogen (secondary N) is 2. The fourth-order valence-electron chi connectivity index (χ4n) is 5.10. The highest BCUT2D eigenvalue weighted by molar-refractivity contribution is 6.51. The molecule has 0 aromatic heterocycles. The van der Waals surface area contributed by atoms with Gasteiger partial charge in [0.15, 0.2) is 0 Å². The number of piperidine rings is 1. The number of halogens is 2. The first-order valence-corrected chi connectivity index (χ1v) is 13.4. The molecule has 0 aromatic rings. The largest absolute Gasteiger partial charge is 0.444 e. The van der Waals surface area contributed by atoms with E-state index in [4.69, 9.17) is 33.7 Å². The Labute approximate surface area is 227 Å². The molecular formula is C25H38Cl2N4O6. The molecule has 0 spiro atoms. The third kappa shape index (κ3) is 6.50. The summed E-state index contributed by atoms with van der Waals surface area (Å²) in [7, 11) is 0. The lowest BCUT2D eigenvalue weighted by atomic mass is 9.80. The van der Waals surface area contributed by atoms with Crippen LogP contribution in [0.2, 0.25) is 0 Å². The van der Waals surface area contributed by atoms with Crippen LogP contribution in [-0.4, -0.2) is 69.1 Å². The van der Waals surface area contributed by atoms with Gasteiger partial charge in [-0.15, -0.1) is 23.2 Å². The smallest absolute Gasteiger partial charge is 0.408 e. The maximum absolute atomic E-state index is 13.8.